The maximum absolute atomic E-state index is 12.6. The smallest absolute Gasteiger partial charge is 0.310 e. The third-order valence-corrected chi connectivity index (χ3v) is 5.23. The second-order valence-electron chi connectivity index (χ2n) is 7.37. The van der Waals surface area contributed by atoms with Crippen LogP contribution in [0.25, 0.3) is 0 Å². The second-order valence-corrected chi connectivity index (χ2v) is 7.78. The molecule has 0 spiro atoms. The maximum Gasteiger partial charge on any atom is 0.310 e. The standard InChI is InChI=1S/C19H23ClO4/c1-10(2)6-13-17(19(13,4)5)18(21)24-11(3)12-7-15-16(8-14(12)20)23-9-22-15/h6-8,11,13,17H,9H2,1-5H3. The van der Waals surface area contributed by atoms with Crippen LogP contribution in [-0.2, 0) is 9.53 Å². The minimum atomic E-state index is -0.441. The summed E-state index contributed by atoms with van der Waals surface area (Å²) >= 11 is 6.30. The summed E-state index contributed by atoms with van der Waals surface area (Å²) in [4.78, 5) is 12.6. The molecule has 5 heteroatoms. The average molecular weight is 351 g/mol. The van der Waals surface area contributed by atoms with Crippen molar-refractivity contribution in [1.29, 1.82) is 0 Å². The lowest BCUT2D eigenvalue weighted by Crippen LogP contribution is -2.14. The number of rotatable bonds is 4. The average Bonchev–Trinajstić information content (AvgIpc) is 2.82. The molecule has 4 nitrogen and oxygen atoms in total. The van der Waals surface area contributed by atoms with Gasteiger partial charge in [0.15, 0.2) is 11.5 Å². The molecule has 1 heterocycles. The molecule has 0 N–H and O–H groups in total. The van der Waals surface area contributed by atoms with E-state index in [0.717, 1.165) is 5.56 Å². The van der Waals surface area contributed by atoms with Gasteiger partial charge in [-0.05, 0) is 38.2 Å². The van der Waals surface area contributed by atoms with E-state index in [1.54, 1.807) is 12.1 Å². The fourth-order valence-corrected chi connectivity index (χ4v) is 3.66. The summed E-state index contributed by atoms with van der Waals surface area (Å²) in [5.74, 6) is 1.20. The molecule has 1 fully saturated rings. The maximum atomic E-state index is 12.6. The van der Waals surface area contributed by atoms with E-state index in [2.05, 4.69) is 19.9 Å². The van der Waals surface area contributed by atoms with Gasteiger partial charge < -0.3 is 14.2 Å². The number of halogens is 1. The Kier molecular flexibility index (Phi) is 4.28. The Morgan fingerprint density at radius 3 is 2.58 bits per heavy atom. The van der Waals surface area contributed by atoms with E-state index in [1.165, 1.54) is 5.57 Å². The van der Waals surface area contributed by atoms with Crippen molar-refractivity contribution in [3.63, 3.8) is 0 Å². The summed E-state index contributed by atoms with van der Waals surface area (Å²) in [5.41, 5.74) is 1.88. The lowest BCUT2D eigenvalue weighted by Gasteiger charge is -2.16. The third kappa shape index (κ3) is 3.00. The van der Waals surface area contributed by atoms with Gasteiger partial charge in [0, 0.05) is 11.6 Å². The Balaban J connectivity index is 1.73. The van der Waals surface area contributed by atoms with E-state index in [-0.39, 0.29) is 30.0 Å². The van der Waals surface area contributed by atoms with E-state index in [9.17, 15) is 4.79 Å². The first-order valence-electron chi connectivity index (χ1n) is 8.16. The van der Waals surface area contributed by atoms with Gasteiger partial charge in [-0.1, -0.05) is 37.1 Å². The molecule has 2 aliphatic rings. The number of carbonyl (C=O) groups excluding carboxylic acids is 1. The molecule has 0 aromatic heterocycles. The number of ether oxygens (including phenoxy) is 3. The minimum Gasteiger partial charge on any atom is -0.457 e. The SMILES string of the molecule is CC(C)=CC1C(C(=O)OC(C)c2cc3c(cc2Cl)OCO3)C1(C)C. The molecule has 130 valence electrons. The third-order valence-electron chi connectivity index (χ3n) is 4.90. The first-order valence-corrected chi connectivity index (χ1v) is 8.54. The predicted molar refractivity (Wildman–Crippen MR) is 92.3 cm³/mol. The molecule has 1 saturated carbocycles. The molecule has 1 aliphatic carbocycles. The van der Waals surface area contributed by atoms with Gasteiger partial charge in [0.1, 0.15) is 6.10 Å². The molecule has 24 heavy (non-hydrogen) atoms. The molecule has 1 aromatic carbocycles. The molecule has 0 bridgehead atoms. The van der Waals surface area contributed by atoms with Gasteiger partial charge in [0.25, 0.3) is 0 Å². The van der Waals surface area contributed by atoms with Crippen LogP contribution in [0.1, 0.15) is 46.3 Å². The normalized spacial score (nSPS) is 24.2. The zero-order chi connectivity index (χ0) is 17.6. The van der Waals surface area contributed by atoms with Crippen molar-refractivity contribution in [3.05, 3.63) is 34.4 Å². The highest BCUT2D eigenvalue weighted by Crippen LogP contribution is 2.60. The number of benzene rings is 1. The highest BCUT2D eigenvalue weighted by molar-refractivity contribution is 6.31. The van der Waals surface area contributed by atoms with E-state index in [1.807, 2.05) is 20.8 Å². The summed E-state index contributed by atoms with van der Waals surface area (Å²) in [6, 6.07) is 3.49. The van der Waals surface area contributed by atoms with Crippen molar-refractivity contribution >= 4 is 17.6 Å². The fourth-order valence-electron chi connectivity index (χ4n) is 3.35. The summed E-state index contributed by atoms with van der Waals surface area (Å²) in [5, 5.41) is 0.510. The molecule has 0 radical (unpaired) electrons. The van der Waals surface area contributed by atoms with Gasteiger partial charge in [0.2, 0.25) is 6.79 Å². The van der Waals surface area contributed by atoms with E-state index < -0.39 is 6.10 Å². The van der Waals surface area contributed by atoms with Crippen LogP contribution in [-0.4, -0.2) is 12.8 Å². The molecule has 1 aliphatic heterocycles. The van der Waals surface area contributed by atoms with Crippen molar-refractivity contribution in [2.75, 3.05) is 6.79 Å². The molecule has 0 saturated heterocycles. The minimum absolute atomic E-state index is 0.0627. The first-order chi connectivity index (χ1) is 11.2. The zero-order valence-corrected chi connectivity index (χ0v) is 15.4. The van der Waals surface area contributed by atoms with Gasteiger partial charge in [-0.2, -0.15) is 0 Å². The number of carbonyl (C=O) groups is 1. The van der Waals surface area contributed by atoms with Crippen molar-refractivity contribution in [2.24, 2.45) is 17.3 Å². The van der Waals surface area contributed by atoms with Crippen LogP contribution < -0.4 is 9.47 Å². The van der Waals surface area contributed by atoms with E-state index in [4.69, 9.17) is 25.8 Å². The van der Waals surface area contributed by atoms with Crippen LogP contribution in [0.3, 0.4) is 0 Å². The van der Waals surface area contributed by atoms with Gasteiger partial charge >= 0.3 is 5.97 Å². The Morgan fingerprint density at radius 1 is 1.33 bits per heavy atom. The van der Waals surface area contributed by atoms with E-state index in [0.29, 0.717) is 16.5 Å². The molecular weight excluding hydrogens is 328 g/mol. The van der Waals surface area contributed by atoms with Crippen molar-refractivity contribution in [3.8, 4) is 11.5 Å². The lowest BCUT2D eigenvalue weighted by molar-refractivity contribution is -0.151. The van der Waals surface area contributed by atoms with Gasteiger partial charge in [-0.25, -0.2) is 0 Å². The van der Waals surface area contributed by atoms with Gasteiger partial charge in [0.05, 0.1) is 10.9 Å². The topological polar surface area (TPSA) is 44.8 Å². The van der Waals surface area contributed by atoms with Crippen LogP contribution in [0.4, 0.5) is 0 Å². The quantitative estimate of drug-likeness (QED) is 0.571. The highest BCUT2D eigenvalue weighted by Gasteiger charge is 2.61. The largest absolute Gasteiger partial charge is 0.457 e. The molecule has 0 amide bonds. The summed E-state index contributed by atoms with van der Waals surface area (Å²) in [6.45, 7) is 10.3. The van der Waals surface area contributed by atoms with Crippen molar-refractivity contribution in [2.45, 2.75) is 40.7 Å². The monoisotopic (exact) mass is 350 g/mol. The number of hydrogen-bond acceptors (Lipinski definition) is 4. The molecule has 3 rings (SSSR count). The number of fused-ring (bicyclic) bond motifs is 1. The lowest BCUT2D eigenvalue weighted by atomic mass is 10.1. The van der Waals surface area contributed by atoms with Crippen molar-refractivity contribution < 1.29 is 19.0 Å². The van der Waals surface area contributed by atoms with Crippen LogP contribution in [0.15, 0.2) is 23.8 Å². The summed E-state index contributed by atoms with van der Waals surface area (Å²) in [6.07, 6.45) is 1.72. The predicted octanol–water partition coefficient (Wildman–Crippen LogP) is 4.91. The Morgan fingerprint density at radius 2 is 1.96 bits per heavy atom. The fraction of sp³-hybridized carbons (Fsp3) is 0.526. The number of allylic oxidation sites excluding steroid dienone is 2. The van der Waals surface area contributed by atoms with Gasteiger partial charge in [-0.15, -0.1) is 0 Å². The van der Waals surface area contributed by atoms with Crippen LogP contribution in [0, 0.1) is 17.3 Å². The highest BCUT2D eigenvalue weighted by atomic mass is 35.5. The Bertz CT molecular complexity index is 704. The number of esters is 1. The van der Waals surface area contributed by atoms with Gasteiger partial charge in [-0.3, -0.25) is 4.79 Å². The molecular formula is C19H23ClO4. The van der Waals surface area contributed by atoms with E-state index >= 15 is 0 Å². The Labute approximate surface area is 147 Å². The van der Waals surface area contributed by atoms with Crippen LogP contribution >= 0.6 is 11.6 Å². The van der Waals surface area contributed by atoms with Crippen LogP contribution in [0.2, 0.25) is 5.02 Å². The number of hydrogen-bond donors (Lipinski definition) is 0. The zero-order valence-electron chi connectivity index (χ0n) is 14.7. The second kappa shape index (κ2) is 5.99. The molecule has 3 unspecified atom stereocenters. The summed E-state index contributed by atoms with van der Waals surface area (Å²) in [7, 11) is 0. The molecule has 3 atom stereocenters. The molecule has 1 aromatic rings. The van der Waals surface area contributed by atoms with Crippen LogP contribution in [0.5, 0.6) is 11.5 Å². The first kappa shape index (κ1) is 17.2. The van der Waals surface area contributed by atoms with Crippen molar-refractivity contribution in [1.82, 2.24) is 0 Å². The Hall–Kier alpha value is -1.68. The summed E-state index contributed by atoms with van der Waals surface area (Å²) < 4.78 is 16.4.